The molecule has 0 aliphatic carbocycles. The summed E-state index contributed by atoms with van der Waals surface area (Å²) >= 11 is 11.6. The average molecular weight is 271 g/mol. The Morgan fingerprint density at radius 2 is 1.88 bits per heavy atom. The smallest absolute Gasteiger partial charge is 0.175 e. The Hall–Kier alpha value is -1.79. The van der Waals surface area contributed by atoms with Crippen molar-refractivity contribution in [2.24, 2.45) is 10.2 Å². The lowest BCUT2D eigenvalue weighted by atomic mass is 10.3. The Kier molecular flexibility index (Phi) is 3.16. The molecule has 0 saturated heterocycles. The van der Waals surface area contributed by atoms with Gasteiger partial charge in [0.1, 0.15) is 5.82 Å². The van der Waals surface area contributed by atoms with Crippen molar-refractivity contribution in [2.75, 3.05) is 11.5 Å². The molecule has 0 bridgehead atoms. The van der Waals surface area contributed by atoms with E-state index >= 15 is 0 Å². The van der Waals surface area contributed by atoms with Crippen LogP contribution >= 0.6 is 23.2 Å². The topological polar surface area (TPSA) is 105 Å². The van der Waals surface area contributed by atoms with Crippen molar-refractivity contribution in [3.05, 3.63) is 28.2 Å². The number of nitrogens with one attached hydrogen (secondary N) is 1. The van der Waals surface area contributed by atoms with Crippen LogP contribution in [0.3, 0.4) is 0 Å². The minimum Gasteiger partial charge on any atom is -0.382 e. The average Bonchev–Trinajstić information content (AvgIpc) is 2.61. The van der Waals surface area contributed by atoms with E-state index in [1.54, 1.807) is 18.2 Å². The maximum atomic E-state index is 5.84. The second-order valence-electron chi connectivity index (χ2n) is 3.17. The van der Waals surface area contributed by atoms with Gasteiger partial charge in [0.2, 0.25) is 0 Å². The van der Waals surface area contributed by atoms with Gasteiger partial charge in [0.05, 0.1) is 15.7 Å². The fraction of sp³-hybridized carbons (Fsp3) is 0. The zero-order valence-electron chi connectivity index (χ0n) is 8.48. The molecule has 0 amide bonds. The molecule has 1 aromatic carbocycles. The molecule has 17 heavy (non-hydrogen) atoms. The summed E-state index contributed by atoms with van der Waals surface area (Å²) in [5.41, 5.74) is 11.9. The van der Waals surface area contributed by atoms with Gasteiger partial charge in [0, 0.05) is 0 Å². The van der Waals surface area contributed by atoms with E-state index in [4.69, 9.17) is 34.7 Å². The number of aromatic amines is 1. The second-order valence-corrected chi connectivity index (χ2v) is 3.98. The predicted molar refractivity (Wildman–Crippen MR) is 68.1 cm³/mol. The van der Waals surface area contributed by atoms with Gasteiger partial charge in [-0.25, -0.2) is 0 Å². The minimum atomic E-state index is 0.186. The first kappa shape index (κ1) is 11.7. The fourth-order valence-corrected chi connectivity index (χ4v) is 1.42. The molecule has 0 unspecified atom stereocenters. The van der Waals surface area contributed by atoms with E-state index in [1.807, 2.05) is 0 Å². The van der Waals surface area contributed by atoms with Crippen molar-refractivity contribution in [2.45, 2.75) is 0 Å². The Balaban J connectivity index is 2.29. The molecule has 1 aromatic heterocycles. The zero-order chi connectivity index (χ0) is 12.4. The van der Waals surface area contributed by atoms with Crippen LogP contribution in [0, 0.1) is 0 Å². The van der Waals surface area contributed by atoms with E-state index < -0.39 is 0 Å². The number of nitrogen functional groups attached to an aromatic ring is 2. The van der Waals surface area contributed by atoms with Gasteiger partial charge in [-0.1, -0.05) is 23.2 Å². The highest BCUT2D eigenvalue weighted by molar-refractivity contribution is 6.42. The largest absolute Gasteiger partial charge is 0.382 e. The van der Waals surface area contributed by atoms with Gasteiger partial charge in [0.15, 0.2) is 11.5 Å². The third-order valence-corrected chi connectivity index (χ3v) is 2.70. The lowest BCUT2D eigenvalue weighted by Gasteiger charge is -1.96. The van der Waals surface area contributed by atoms with E-state index in [0.29, 0.717) is 21.4 Å². The van der Waals surface area contributed by atoms with E-state index in [-0.39, 0.29) is 11.6 Å². The minimum absolute atomic E-state index is 0.186. The number of azo groups is 1. The van der Waals surface area contributed by atoms with Crippen LogP contribution < -0.4 is 11.5 Å². The molecule has 88 valence electrons. The van der Waals surface area contributed by atoms with Crippen molar-refractivity contribution < 1.29 is 0 Å². The molecule has 2 aromatic rings. The van der Waals surface area contributed by atoms with Gasteiger partial charge in [-0.3, -0.25) is 5.10 Å². The molecule has 0 aliphatic heterocycles. The molecule has 0 spiro atoms. The van der Waals surface area contributed by atoms with Crippen molar-refractivity contribution in [3.8, 4) is 0 Å². The zero-order valence-corrected chi connectivity index (χ0v) is 10.00. The van der Waals surface area contributed by atoms with E-state index in [1.165, 1.54) is 0 Å². The van der Waals surface area contributed by atoms with Gasteiger partial charge >= 0.3 is 0 Å². The standard InChI is InChI=1S/C9H8Cl2N6/c10-5-2-1-4(3-6(5)11)14-15-7-8(12)16-17-9(7)13/h1-3H,(H5,12,13,16,17). The van der Waals surface area contributed by atoms with E-state index in [9.17, 15) is 0 Å². The number of H-pyrrole nitrogens is 1. The molecule has 0 fully saturated rings. The molecular formula is C9H8Cl2N6. The summed E-state index contributed by atoms with van der Waals surface area (Å²) in [6, 6.07) is 4.88. The normalized spacial score (nSPS) is 11.2. The summed E-state index contributed by atoms with van der Waals surface area (Å²) in [7, 11) is 0. The van der Waals surface area contributed by atoms with Crippen LogP contribution in [0.15, 0.2) is 28.4 Å². The molecule has 1 heterocycles. The van der Waals surface area contributed by atoms with Gasteiger partial charge < -0.3 is 11.5 Å². The molecule has 0 saturated carbocycles. The highest BCUT2D eigenvalue weighted by Gasteiger charge is 2.06. The van der Waals surface area contributed by atoms with Crippen LogP contribution in [-0.2, 0) is 0 Å². The maximum Gasteiger partial charge on any atom is 0.175 e. The maximum absolute atomic E-state index is 5.84. The van der Waals surface area contributed by atoms with Crippen molar-refractivity contribution in [1.82, 2.24) is 10.2 Å². The predicted octanol–water partition coefficient (Wildman–Crippen LogP) is 3.30. The number of benzene rings is 1. The van der Waals surface area contributed by atoms with Crippen LogP contribution in [0.1, 0.15) is 0 Å². The Morgan fingerprint density at radius 1 is 1.12 bits per heavy atom. The molecule has 2 rings (SSSR count). The summed E-state index contributed by atoms with van der Waals surface area (Å²) in [5.74, 6) is 0.442. The Morgan fingerprint density at radius 3 is 2.47 bits per heavy atom. The highest BCUT2D eigenvalue weighted by atomic mass is 35.5. The molecule has 0 aliphatic rings. The van der Waals surface area contributed by atoms with Crippen molar-refractivity contribution in [1.29, 1.82) is 0 Å². The van der Waals surface area contributed by atoms with Crippen LogP contribution in [0.2, 0.25) is 10.0 Å². The lowest BCUT2D eigenvalue weighted by Crippen LogP contribution is -1.84. The third kappa shape index (κ3) is 2.48. The summed E-state index contributed by atoms with van der Waals surface area (Å²) in [6.45, 7) is 0. The SMILES string of the molecule is Nc1n[nH]c(N)c1N=Nc1ccc(Cl)c(Cl)c1. The number of halogens is 2. The molecular weight excluding hydrogens is 263 g/mol. The first-order valence-electron chi connectivity index (χ1n) is 4.54. The van der Waals surface area contributed by atoms with Gasteiger partial charge in [-0.2, -0.15) is 10.2 Å². The number of aromatic nitrogens is 2. The van der Waals surface area contributed by atoms with Gasteiger partial charge in [0.25, 0.3) is 0 Å². The number of hydrogen-bond donors (Lipinski definition) is 3. The summed E-state index contributed by atoms with van der Waals surface area (Å²) in [6.07, 6.45) is 0. The van der Waals surface area contributed by atoms with Gasteiger partial charge in [-0.15, -0.1) is 5.11 Å². The highest BCUT2D eigenvalue weighted by Crippen LogP contribution is 2.30. The summed E-state index contributed by atoms with van der Waals surface area (Å²) < 4.78 is 0. The third-order valence-electron chi connectivity index (χ3n) is 1.96. The lowest BCUT2D eigenvalue weighted by molar-refractivity contribution is 1.11. The van der Waals surface area contributed by atoms with Crippen LogP contribution in [0.25, 0.3) is 0 Å². The Labute approximate surface area is 107 Å². The van der Waals surface area contributed by atoms with E-state index in [0.717, 1.165) is 0 Å². The number of nitrogens with zero attached hydrogens (tertiary/aromatic N) is 3. The quantitative estimate of drug-likeness (QED) is 0.729. The first-order valence-corrected chi connectivity index (χ1v) is 5.29. The molecule has 6 nitrogen and oxygen atoms in total. The molecule has 5 N–H and O–H groups in total. The molecule has 0 radical (unpaired) electrons. The second kappa shape index (κ2) is 4.60. The summed E-state index contributed by atoms with van der Waals surface area (Å²) in [5, 5.41) is 14.9. The van der Waals surface area contributed by atoms with Gasteiger partial charge in [-0.05, 0) is 18.2 Å². The van der Waals surface area contributed by atoms with Crippen LogP contribution in [0.5, 0.6) is 0 Å². The van der Waals surface area contributed by atoms with Crippen molar-refractivity contribution in [3.63, 3.8) is 0 Å². The number of hydrogen-bond acceptors (Lipinski definition) is 5. The number of rotatable bonds is 2. The molecule has 8 heteroatoms. The fourth-order valence-electron chi connectivity index (χ4n) is 1.12. The van der Waals surface area contributed by atoms with Crippen molar-refractivity contribution >= 4 is 46.2 Å². The molecule has 0 atom stereocenters. The number of anilines is 2. The van der Waals surface area contributed by atoms with Crippen LogP contribution in [-0.4, -0.2) is 10.2 Å². The van der Waals surface area contributed by atoms with E-state index in [2.05, 4.69) is 20.4 Å². The summed E-state index contributed by atoms with van der Waals surface area (Å²) in [4.78, 5) is 0. The number of nitrogens with two attached hydrogens (primary N) is 2. The van der Waals surface area contributed by atoms with Crippen LogP contribution in [0.4, 0.5) is 23.0 Å². The Bertz CT molecular complexity index is 557. The monoisotopic (exact) mass is 270 g/mol. The first-order chi connectivity index (χ1) is 8.08.